The Labute approximate surface area is 181 Å². The van der Waals surface area contributed by atoms with E-state index < -0.39 is 5.63 Å². The van der Waals surface area contributed by atoms with Gasteiger partial charge in [0.15, 0.2) is 11.7 Å². The molecule has 1 aliphatic heterocycles. The molecular formula is C22H19N3O5S. The van der Waals surface area contributed by atoms with Crippen LogP contribution in [-0.4, -0.2) is 43.8 Å². The fourth-order valence-corrected chi connectivity index (χ4v) is 4.41. The van der Waals surface area contributed by atoms with Crippen molar-refractivity contribution in [1.82, 2.24) is 4.98 Å². The zero-order chi connectivity index (χ0) is 21.2. The van der Waals surface area contributed by atoms with Crippen LogP contribution >= 0.6 is 11.3 Å². The van der Waals surface area contributed by atoms with Crippen molar-refractivity contribution in [1.29, 1.82) is 0 Å². The summed E-state index contributed by atoms with van der Waals surface area (Å²) in [6.07, 6.45) is 0. The molecule has 158 valence electrons. The van der Waals surface area contributed by atoms with Crippen molar-refractivity contribution in [3.8, 4) is 5.75 Å². The van der Waals surface area contributed by atoms with Gasteiger partial charge in [0, 0.05) is 36.3 Å². The van der Waals surface area contributed by atoms with E-state index >= 15 is 0 Å². The number of aromatic nitrogens is 1. The molecule has 1 saturated heterocycles. The fraction of sp³-hybridized carbons (Fsp3) is 0.227. The van der Waals surface area contributed by atoms with Crippen molar-refractivity contribution in [3.05, 3.63) is 59.0 Å². The van der Waals surface area contributed by atoms with Crippen LogP contribution in [0.25, 0.3) is 21.2 Å². The van der Waals surface area contributed by atoms with Gasteiger partial charge < -0.3 is 24.1 Å². The Bertz CT molecular complexity index is 1310. The molecule has 1 amide bonds. The van der Waals surface area contributed by atoms with E-state index in [9.17, 15) is 9.59 Å². The first-order valence-electron chi connectivity index (χ1n) is 9.84. The third kappa shape index (κ3) is 4.37. The minimum atomic E-state index is -0.433. The molecule has 4 aromatic rings. The standard InChI is InChI=1S/C22H19N3O5S/c26-20(13-29-16-4-1-14-2-6-21(27)30-18(14)12-16)23-15-3-5-17-19(11-15)31-22(24-17)25-7-9-28-10-8-25/h1-6,11-12H,7-10,13H2,(H,23,26). The molecule has 0 aliphatic carbocycles. The summed E-state index contributed by atoms with van der Waals surface area (Å²) < 4.78 is 17.1. The average molecular weight is 437 g/mol. The van der Waals surface area contributed by atoms with Gasteiger partial charge >= 0.3 is 5.63 Å². The highest BCUT2D eigenvalue weighted by atomic mass is 32.1. The van der Waals surface area contributed by atoms with Crippen LogP contribution in [0.15, 0.2) is 57.7 Å². The summed E-state index contributed by atoms with van der Waals surface area (Å²) in [4.78, 5) is 30.6. The Morgan fingerprint density at radius 2 is 1.97 bits per heavy atom. The normalized spacial score (nSPS) is 14.1. The first-order chi connectivity index (χ1) is 15.1. The Hall–Kier alpha value is -3.43. The zero-order valence-corrected chi connectivity index (χ0v) is 17.3. The summed E-state index contributed by atoms with van der Waals surface area (Å²) in [6, 6.07) is 13.8. The lowest BCUT2D eigenvalue weighted by atomic mass is 10.2. The van der Waals surface area contributed by atoms with Crippen LogP contribution in [0.5, 0.6) is 5.75 Å². The third-order valence-corrected chi connectivity index (χ3v) is 5.99. The highest BCUT2D eigenvalue weighted by Gasteiger charge is 2.16. The number of carbonyl (C=O) groups excluding carboxylic acids is 1. The van der Waals surface area contributed by atoms with Crippen LogP contribution in [0, 0.1) is 0 Å². The van der Waals surface area contributed by atoms with Crippen molar-refractivity contribution in [3.63, 3.8) is 0 Å². The molecule has 0 unspecified atom stereocenters. The van der Waals surface area contributed by atoms with Crippen LogP contribution in [-0.2, 0) is 9.53 Å². The molecule has 0 saturated carbocycles. The van der Waals surface area contributed by atoms with Crippen LogP contribution in [0.3, 0.4) is 0 Å². The second kappa shape index (κ2) is 8.37. The lowest BCUT2D eigenvalue weighted by Crippen LogP contribution is -2.36. The third-order valence-electron chi connectivity index (χ3n) is 4.91. The summed E-state index contributed by atoms with van der Waals surface area (Å²) in [5.41, 5.74) is 1.57. The molecule has 3 heterocycles. The lowest BCUT2D eigenvalue weighted by molar-refractivity contribution is -0.118. The molecule has 1 N–H and O–H groups in total. The van der Waals surface area contributed by atoms with Crippen molar-refractivity contribution in [2.75, 3.05) is 43.1 Å². The molecule has 0 bridgehead atoms. The SMILES string of the molecule is O=C(COc1ccc2ccc(=O)oc2c1)Nc1ccc2nc(N3CCOCC3)sc2c1. The van der Waals surface area contributed by atoms with Crippen LogP contribution < -0.4 is 20.6 Å². The number of benzene rings is 2. The summed E-state index contributed by atoms with van der Waals surface area (Å²) in [6.45, 7) is 2.92. The molecular weight excluding hydrogens is 418 g/mol. The van der Waals surface area contributed by atoms with Gasteiger partial charge in [0.2, 0.25) is 0 Å². The Balaban J connectivity index is 1.24. The lowest BCUT2D eigenvalue weighted by Gasteiger charge is -2.25. The summed E-state index contributed by atoms with van der Waals surface area (Å²) >= 11 is 1.60. The first-order valence-corrected chi connectivity index (χ1v) is 10.7. The minimum absolute atomic E-state index is 0.164. The Kier molecular flexibility index (Phi) is 5.27. The Morgan fingerprint density at radius 3 is 2.84 bits per heavy atom. The van der Waals surface area contributed by atoms with Crippen molar-refractivity contribution in [2.24, 2.45) is 0 Å². The van der Waals surface area contributed by atoms with E-state index in [1.165, 1.54) is 6.07 Å². The van der Waals surface area contributed by atoms with E-state index in [2.05, 4.69) is 15.2 Å². The summed E-state index contributed by atoms with van der Waals surface area (Å²) in [7, 11) is 0. The molecule has 9 heteroatoms. The molecule has 2 aromatic carbocycles. The molecule has 0 radical (unpaired) electrons. The van der Waals surface area contributed by atoms with Crippen LogP contribution in [0.1, 0.15) is 0 Å². The monoisotopic (exact) mass is 437 g/mol. The smallest absolute Gasteiger partial charge is 0.336 e. The molecule has 1 aliphatic rings. The number of hydrogen-bond donors (Lipinski definition) is 1. The van der Waals surface area contributed by atoms with E-state index in [1.54, 1.807) is 35.6 Å². The Morgan fingerprint density at radius 1 is 1.13 bits per heavy atom. The largest absolute Gasteiger partial charge is 0.484 e. The predicted octanol–water partition coefficient (Wildman–Crippen LogP) is 3.26. The fourth-order valence-electron chi connectivity index (χ4n) is 3.36. The average Bonchev–Trinajstić information content (AvgIpc) is 3.21. The van der Waals surface area contributed by atoms with Gasteiger partial charge in [-0.15, -0.1) is 0 Å². The zero-order valence-electron chi connectivity index (χ0n) is 16.5. The number of nitrogens with zero attached hydrogens (tertiary/aromatic N) is 2. The number of rotatable bonds is 5. The number of anilines is 2. The number of amides is 1. The second-order valence-electron chi connectivity index (χ2n) is 7.07. The van der Waals surface area contributed by atoms with Gasteiger partial charge in [-0.2, -0.15) is 0 Å². The molecule has 2 aromatic heterocycles. The predicted molar refractivity (Wildman–Crippen MR) is 119 cm³/mol. The van der Waals surface area contributed by atoms with Crippen molar-refractivity contribution >= 4 is 49.2 Å². The number of thiazole rings is 1. The van der Waals surface area contributed by atoms with Gasteiger partial charge in [-0.25, -0.2) is 9.78 Å². The highest BCUT2D eigenvalue weighted by Crippen LogP contribution is 2.31. The molecule has 0 spiro atoms. The van der Waals surface area contributed by atoms with Gasteiger partial charge in [-0.3, -0.25) is 4.79 Å². The van der Waals surface area contributed by atoms with Gasteiger partial charge in [0.25, 0.3) is 5.91 Å². The van der Waals surface area contributed by atoms with Crippen LogP contribution in [0.2, 0.25) is 0 Å². The van der Waals surface area contributed by atoms with E-state index in [0.29, 0.717) is 30.2 Å². The van der Waals surface area contributed by atoms with Crippen molar-refractivity contribution in [2.45, 2.75) is 0 Å². The van der Waals surface area contributed by atoms with E-state index in [-0.39, 0.29) is 12.5 Å². The summed E-state index contributed by atoms with van der Waals surface area (Å²) in [5, 5.41) is 4.60. The molecule has 0 atom stereocenters. The maximum absolute atomic E-state index is 12.3. The number of hydrogen-bond acceptors (Lipinski definition) is 8. The van der Waals surface area contributed by atoms with Gasteiger partial charge in [0.05, 0.1) is 23.4 Å². The second-order valence-corrected chi connectivity index (χ2v) is 8.08. The number of nitrogens with one attached hydrogen (secondary N) is 1. The maximum atomic E-state index is 12.3. The quantitative estimate of drug-likeness (QED) is 0.479. The van der Waals surface area contributed by atoms with E-state index in [0.717, 1.165) is 33.8 Å². The molecule has 1 fully saturated rings. The highest BCUT2D eigenvalue weighted by molar-refractivity contribution is 7.22. The van der Waals surface area contributed by atoms with Crippen LogP contribution in [0.4, 0.5) is 10.8 Å². The topological polar surface area (TPSA) is 93.9 Å². The first kappa shape index (κ1) is 19.5. The number of morpholine rings is 1. The summed E-state index contributed by atoms with van der Waals surface area (Å²) in [5.74, 6) is 0.164. The van der Waals surface area contributed by atoms with Gasteiger partial charge in [-0.1, -0.05) is 11.3 Å². The molecule has 31 heavy (non-hydrogen) atoms. The number of carbonyl (C=O) groups is 1. The van der Waals surface area contributed by atoms with Gasteiger partial charge in [-0.05, 0) is 36.4 Å². The minimum Gasteiger partial charge on any atom is -0.484 e. The maximum Gasteiger partial charge on any atom is 0.336 e. The van der Waals surface area contributed by atoms with Gasteiger partial charge in [0.1, 0.15) is 11.3 Å². The van der Waals surface area contributed by atoms with E-state index in [1.807, 2.05) is 18.2 Å². The number of fused-ring (bicyclic) bond motifs is 2. The molecule has 8 nitrogen and oxygen atoms in total. The van der Waals surface area contributed by atoms with E-state index in [4.69, 9.17) is 13.9 Å². The van der Waals surface area contributed by atoms with Crippen molar-refractivity contribution < 1.29 is 18.7 Å². The molecule has 5 rings (SSSR count). The number of ether oxygens (including phenoxy) is 2.